The summed E-state index contributed by atoms with van der Waals surface area (Å²) in [6, 6.07) is 35.5. The van der Waals surface area contributed by atoms with Crippen LogP contribution in [0.25, 0.3) is 38.6 Å². The summed E-state index contributed by atoms with van der Waals surface area (Å²) in [5, 5.41) is 7.05. The van der Waals surface area contributed by atoms with E-state index in [0.717, 1.165) is 6.42 Å². The largest absolute Gasteiger partial charge is 0.309 e. The van der Waals surface area contributed by atoms with Crippen molar-refractivity contribution in [2.45, 2.75) is 18.9 Å². The van der Waals surface area contributed by atoms with Crippen molar-refractivity contribution in [1.82, 2.24) is 9.99 Å². The molecule has 3 heteroatoms. The Morgan fingerprint density at radius 1 is 0.714 bits per heavy atom. The van der Waals surface area contributed by atoms with Gasteiger partial charge in [0.2, 0.25) is 0 Å². The van der Waals surface area contributed by atoms with Crippen LogP contribution < -0.4 is 5.43 Å². The van der Waals surface area contributed by atoms with Crippen molar-refractivity contribution in [2.75, 3.05) is 0 Å². The topological polar surface area (TPSA) is 29.3 Å². The summed E-state index contributed by atoms with van der Waals surface area (Å²) in [5.74, 6) is 1.02. The second kappa shape index (κ2) is 8.28. The standard InChI is InChI=1S/C32H27N3/c1-2-8-27-25(7-1)21-33-34-32(27)24-15-13-22(14-16-24)23-17-19-26(20-18-23)35-30-11-5-3-9-28(30)29-10-4-6-12-31(29)35/h2-6,8-21,25,27,32,34H,1,7H2. The fourth-order valence-electron chi connectivity index (χ4n) is 5.90. The number of nitrogens with one attached hydrogen (secondary N) is 1. The molecule has 5 aromatic rings. The molecule has 3 unspecified atom stereocenters. The van der Waals surface area contributed by atoms with Gasteiger partial charge >= 0.3 is 0 Å². The zero-order valence-corrected chi connectivity index (χ0v) is 19.5. The van der Waals surface area contributed by atoms with Crippen molar-refractivity contribution < 1.29 is 0 Å². The molecule has 0 bridgehead atoms. The molecule has 0 fully saturated rings. The van der Waals surface area contributed by atoms with Crippen LogP contribution >= 0.6 is 0 Å². The van der Waals surface area contributed by atoms with Crippen LogP contribution in [0.3, 0.4) is 0 Å². The number of benzene rings is 4. The van der Waals surface area contributed by atoms with Gasteiger partial charge in [-0.25, -0.2) is 0 Å². The van der Waals surface area contributed by atoms with Gasteiger partial charge in [0.1, 0.15) is 0 Å². The van der Waals surface area contributed by atoms with Gasteiger partial charge in [0, 0.05) is 34.5 Å². The second-order valence-electron chi connectivity index (χ2n) is 9.67. The molecule has 0 radical (unpaired) electrons. The molecule has 0 amide bonds. The van der Waals surface area contributed by atoms with E-state index in [4.69, 9.17) is 0 Å². The summed E-state index contributed by atoms with van der Waals surface area (Å²) in [4.78, 5) is 0. The average Bonchev–Trinajstić information content (AvgIpc) is 3.27. The maximum Gasteiger partial charge on any atom is 0.0758 e. The van der Waals surface area contributed by atoms with Crippen molar-refractivity contribution >= 4 is 28.0 Å². The number of hydrazone groups is 1. The first kappa shape index (κ1) is 20.3. The highest BCUT2D eigenvalue weighted by molar-refractivity contribution is 6.09. The molecule has 0 spiro atoms. The Labute approximate surface area is 205 Å². The van der Waals surface area contributed by atoms with Crippen molar-refractivity contribution in [3.8, 4) is 16.8 Å². The summed E-state index contributed by atoms with van der Waals surface area (Å²) < 4.78 is 2.36. The molecule has 170 valence electrons. The van der Waals surface area contributed by atoms with Crippen molar-refractivity contribution in [3.05, 3.63) is 115 Å². The van der Waals surface area contributed by atoms with E-state index in [0.29, 0.717) is 11.8 Å². The van der Waals surface area contributed by atoms with Crippen LogP contribution in [0, 0.1) is 11.8 Å². The summed E-state index contributed by atoms with van der Waals surface area (Å²) in [6.45, 7) is 0. The average molecular weight is 454 g/mol. The van der Waals surface area contributed by atoms with E-state index in [1.165, 1.54) is 50.6 Å². The molecule has 2 aliphatic rings. The SMILES string of the molecule is C1=CC2C(C=NNC2c2ccc(-c3ccc(-n4c5ccccc5c5ccccc54)cc3)cc2)CC1. The molecule has 4 aromatic carbocycles. The summed E-state index contributed by atoms with van der Waals surface area (Å²) in [5.41, 5.74) is 10.8. The van der Waals surface area contributed by atoms with Gasteiger partial charge in [-0.15, -0.1) is 0 Å². The molecule has 1 N–H and O–H groups in total. The number of rotatable bonds is 3. The summed E-state index contributed by atoms with van der Waals surface area (Å²) in [7, 11) is 0. The van der Waals surface area contributed by atoms with Gasteiger partial charge in [0.15, 0.2) is 0 Å². The third-order valence-electron chi connectivity index (χ3n) is 7.69. The van der Waals surface area contributed by atoms with Crippen LogP contribution in [0.5, 0.6) is 0 Å². The lowest BCUT2D eigenvalue weighted by Crippen LogP contribution is -2.35. The van der Waals surface area contributed by atoms with Gasteiger partial charge in [-0.1, -0.05) is 84.9 Å². The predicted molar refractivity (Wildman–Crippen MR) is 146 cm³/mol. The van der Waals surface area contributed by atoms with Gasteiger partial charge in [-0.2, -0.15) is 5.10 Å². The number of aromatic nitrogens is 1. The molecule has 35 heavy (non-hydrogen) atoms. The Hall–Kier alpha value is -4.11. The molecule has 1 aliphatic carbocycles. The monoisotopic (exact) mass is 453 g/mol. The minimum Gasteiger partial charge on any atom is -0.309 e. The van der Waals surface area contributed by atoms with Crippen LogP contribution in [0.1, 0.15) is 24.4 Å². The maximum absolute atomic E-state index is 4.47. The normalized spacial score (nSPS) is 21.2. The number of allylic oxidation sites excluding steroid dienone is 1. The van der Waals surface area contributed by atoms with Crippen LogP contribution in [0.2, 0.25) is 0 Å². The van der Waals surface area contributed by atoms with E-state index in [2.05, 4.69) is 131 Å². The summed E-state index contributed by atoms with van der Waals surface area (Å²) >= 11 is 0. The fraction of sp³-hybridized carbons (Fsp3) is 0.156. The van der Waals surface area contributed by atoms with Gasteiger partial charge in [-0.3, -0.25) is 0 Å². The van der Waals surface area contributed by atoms with Gasteiger partial charge < -0.3 is 9.99 Å². The Kier molecular flexibility index (Phi) is 4.80. The quantitative estimate of drug-likeness (QED) is 0.279. The summed E-state index contributed by atoms with van der Waals surface area (Å²) in [6.07, 6.45) is 9.14. The Bertz CT molecular complexity index is 1520. The van der Waals surface area contributed by atoms with Gasteiger partial charge in [0.25, 0.3) is 0 Å². The lowest BCUT2D eigenvalue weighted by atomic mass is 9.77. The van der Waals surface area contributed by atoms with Crippen molar-refractivity contribution in [3.63, 3.8) is 0 Å². The highest BCUT2D eigenvalue weighted by Gasteiger charge is 2.31. The molecule has 0 saturated heterocycles. The van der Waals surface area contributed by atoms with Crippen LogP contribution in [-0.4, -0.2) is 10.8 Å². The van der Waals surface area contributed by atoms with E-state index in [-0.39, 0.29) is 6.04 Å². The number of hydrogen-bond donors (Lipinski definition) is 1. The second-order valence-corrected chi connectivity index (χ2v) is 9.67. The van der Waals surface area contributed by atoms with Gasteiger partial charge in [-0.05, 0) is 53.8 Å². The van der Waals surface area contributed by atoms with E-state index in [1.54, 1.807) is 0 Å². The minimum absolute atomic E-state index is 0.244. The van der Waals surface area contributed by atoms with Crippen LogP contribution in [-0.2, 0) is 0 Å². The third-order valence-corrected chi connectivity index (χ3v) is 7.69. The Balaban J connectivity index is 1.21. The molecule has 3 atom stereocenters. The Morgan fingerprint density at radius 2 is 1.34 bits per heavy atom. The smallest absolute Gasteiger partial charge is 0.0758 e. The van der Waals surface area contributed by atoms with E-state index >= 15 is 0 Å². The van der Waals surface area contributed by atoms with E-state index in [1.807, 2.05) is 0 Å². The van der Waals surface area contributed by atoms with Crippen LogP contribution in [0.4, 0.5) is 0 Å². The fourth-order valence-corrected chi connectivity index (χ4v) is 5.90. The molecule has 3 nitrogen and oxygen atoms in total. The highest BCUT2D eigenvalue weighted by Crippen LogP contribution is 2.37. The number of hydrogen-bond acceptors (Lipinski definition) is 2. The van der Waals surface area contributed by atoms with Crippen LogP contribution in [0.15, 0.2) is 114 Å². The highest BCUT2D eigenvalue weighted by atomic mass is 15.3. The molecule has 1 aromatic heterocycles. The van der Waals surface area contributed by atoms with Crippen molar-refractivity contribution in [2.24, 2.45) is 16.9 Å². The zero-order chi connectivity index (χ0) is 23.2. The molecule has 1 aliphatic heterocycles. The first-order valence-electron chi connectivity index (χ1n) is 12.5. The zero-order valence-electron chi connectivity index (χ0n) is 19.5. The lowest BCUT2D eigenvalue weighted by Gasteiger charge is -2.35. The van der Waals surface area contributed by atoms with E-state index < -0.39 is 0 Å². The van der Waals surface area contributed by atoms with Gasteiger partial charge in [0.05, 0.1) is 17.1 Å². The number of para-hydroxylation sites is 2. The number of fused-ring (bicyclic) bond motifs is 4. The first-order valence-corrected chi connectivity index (χ1v) is 12.5. The van der Waals surface area contributed by atoms with Crippen molar-refractivity contribution in [1.29, 1.82) is 0 Å². The lowest BCUT2D eigenvalue weighted by molar-refractivity contribution is 0.324. The molecule has 0 saturated carbocycles. The first-order chi connectivity index (χ1) is 17.4. The molecular formula is C32H27N3. The maximum atomic E-state index is 4.47. The minimum atomic E-state index is 0.244. The number of nitrogens with zero attached hydrogens (tertiary/aromatic N) is 2. The third kappa shape index (κ3) is 3.38. The predicted octanol–water partition coefficient (Wildman–Crippen LogP) is 7.66. The molecule has 2 heterocycles. The Morgan fingerprint density at radius 3 is 2.03 bits per heavy atom. The molecular weight excluding hydrogens is 426 g/mol. The van der Waals surface area contributed by atoms with E-state index in [9.17, 15) is 0 Å². The molecule has 7 rings (SSSR count).